The maximum atomic E-state index is 5.31. The average Bonchev–Trinajstić information content (AvgIpc) is 3.10. The number of methoxy groups -OCH3 is 1. The highest BCUT2D eigenvalue weighted by Gasteiger charge is 2.21. The standard InChI is InChI=1S/C17H20N6O/c1-24-15-4-2-3-14(12-15)11-13-7-9-22(10-8-13)17-6-5-16-18-20-21-23(16)19-17/h2-6,12-13H,7-11H2,1H3. The molecule has 0 saturated carbocycles. The number of nitrogens with zero attached hydrogens (tertiary/aromatic N) is 6. The number of piperidine rings is 1. The Morgan fingerprint density at radius 2 is 2.04 bits per heavy atom. The zero-order valence-electron chi connectivity index (χ0n) is 13.7. The highest BCUT2D eigenvalue weighted by Crippen LogP contribution is 2.25. The van der Waals surface area contributed by atoms with E-state index in [2.05, 4.69) is 43.7 Å². The van der Waals surface area contributed by atoms with E-state index in [1.165, 1.54) is 10.2 Å². The summed E-state index contributed by atoms with van der Waals surface area (Å²) in [4.78, 5) is 2.31. The van der Waals surface area contributed by atoms with E-state index in [1.54, 1.807) is 7.11 Å². The Kier molecular flexibility index (Phi) is 3.98. The van der Waals surface area contributed by atoms with Gasteiger partial charge in [0.1, 0.15) is 5.75 Å². The van der Waals surface area contributed by atoms with Gasteiger partial charge in [0.05, 0.1) is 7.11 Å². The molecule has 2 aromatic heterocycles. The Hall–Kier alpha value is -2.70. The third kappa shape index (κ3) is 3.02. The predicted molar refractivity (Wildman–Crippen MR) is 90.2 cm³/mol. The molecule has 0 aliphatic carbocycles. The predicted octanol–water partition coefficient (Wildman–Crippen LogP) is 1.99. The van der Waals surface area contributed by atoms with Crippen LogP contribution < -0.4 is 9.64 Å². The topological polar surface area (TPSA) is 68.4 Å². The van der Waals surface area contributed by atoms with Crippen LogP contribution in [0.15, 0.2) is 36.4 Å². The first kappa shape index (κ1) is 14.9. The molecule has 0 atom stereocenters. The third-order valence-corrected chi connectivity index (χ3v) is 4.65. The van der Waals surface area contributed by atoms with Crippen molar-refractivity contribution >= 4 is 11.5 Å². The minimum Gasteiger partial charge on any atom is -0.497 e. The molecule has 1 saturated heterocycles. The van der Waals surface area contributed by atoms with Gasteiger partial charge < -0.3 is 9.64 Å². The van der Waals surface area contributed by atoms with Crippen LogP contribution in [0, 0.1) is 5.92 Å². The molecular weight excluding hydrogens is 304 g/mol. The number of rotatable bonds is 4. The lowest BCUT2D eigenvalue weighted by Gasteiger charge is -2.32. The molecule has 4 rings (SSSR count). The van der Waals surface area contributed by atoms with Crippen LogP contribution in [0.4, 0.5) is 5.82 Å². The second-order valence-electron chi connectivity index (χ2n) is 6.20. The fraction of sp³-hybridized carbons (Fsp3) is 0.412. The summed E-state index contributed by atoms with van der Waals surface area (Å²) in [6, 6.07) is 12.3. The van der Waals surface area contributed by atoms with Crippen LogP contribution in [-0.2, 0) is 6.42 Å². The molecule has 24 heavy (non-hydrogen) atoms. The van der Waals surface area contributed by atoms with Gasteiger partial charge in [-0.15, -0.1) is 14.8 Å². The molecule has 0 N–H and O–H groups in total. The molecule has 1 fully saturated rings. The summed E-state index contributed by atoms with van der Waals surface area (Å²) in [7, 11) is 1.71. The van der Waals surface area contributed by atoms with Crippen molar-refractivity contribution in [3.8, 4) is 5.75 Å². The van der Waals surface area contributed by atoms with Crippen molar-refractivity contribution in [2.75, 3.05) is 25.1 Å². The molecule has 0 radical (unpaired) electrons. The fourth-order valence-electron chi connectivity index (χ4n) is 3.31. The molecular formula is C17H20N6O. The minimum atomic E-state index is 0.673. The third-order valence-electron chi connectivity index (χ3n) is 4.65. The summed E-state index contributed by atoms with van der Waals surface area (Å²) in [5.74, 6) is 2.57. The van der Waals surface area contributed by atoms with E-state index in [-0.39, 0.29) is 0 Å². The Labute approximate surface area is 140 Å². The van der Waals surface area contributed by atoms with Crippen molar-refractivity contribution in [2.45, 2.75) is 19.3 Å². The van der Waals surface area contributed by atoms with E-state index < -0.39 is 0 Å². The highest BCUT2D eigenvalue weighted by molar-refractivity contribution is 5.44. The van der Waals surface area contributed by atoms with Crippen molar-refractivity contribution in [3.63, 3.8) is 0 Å². The number of aromatic nitrogens is 5. The van der Waals surface area contributed by atoms with Gasteiger partial charge in [0, 0.05) is 13.1 Å². The zero-order valence-corrected chi connectivity index (χ0v) is 13.7. The van der Waals surface area contributed by atoms with Crippen LogP contribution in [0.3, 0.4) is 0 Å². The van der Waals surface area contributed by atoms with E-state index in [0.29, 0.717) is 11.6 Å². The normalized spacial score (nSPS) is 15.8. The van der Waals surface area contributed by atoms with Crippen LogP contribution in [0.25, 0.3) is 5.65 Å². The first-order chi connectivity index (χ1) is 11.8. The van der Waals surface area contributed by atoms with Crippen molar-refractivity contribution in [1.82, 2.24) is 25.3 Å². The number of tetrazole rings is 1. The molecule has 1 aliphatic heterocycles. The molecule has 0 spiro atoms. The van der Waals surface area contributed by atoms with Crippen LogP contribution >= 0.6 is 0 Å². The molecule has 3 aromatic rings. The number of ether oxygens (including phenoxy) is 1. The molecule has 0 bridgehead atoms. The summed E-state index contributed by atoms with van der Waals surface area (Å²) < 4.78 is 6.80. The van der Waals surface area contributed by atoms with Gasteiger partial charge in [-0.25, -0.2) is 0 Å². The zero-order chi connectivity index (χ0) is 16.4. The van der Waals surface area contributed by atoms with E-state index in [9.17, 15) is 0 Å². The molecule has 1 aromatic carbocycles. The largest absolute Gasteiger partial charge is 0.497 e. The van der Waals surface area contributed by atoms with Crippen LogP contribution in [-0.4, -0.2) is 45.5 Å². The lowest BCUT2D eigenvalue weighted by molar-refractivity contribution is 0.397. The summed E-state index contributed by atoms with van der Waals surface area (Å²) >= 11 is 0. The smallest absolute Gasteiger partial charge is 0.200 e. The van der Waals surface area contributed by atoms with Gasteiger partial charge in [-0.2, -0.15) is 0 Å². The summed E-state index contributed by atoms with van der Waals surface area (Å²) in [6.07, 6.45) is 3.42. The first-order valence-electron chi connectivity index (χ1n) is 8.25. The van der Waals surface area contributed by atoms with Gasteiger partial charge >= 0.3 is 0 Å². The number of hydrogen-bond acceptors (Lipinski definition) is 6. The van der Waals surface area contributed by atoms with Gasteiger partial charge in [0.2, 0.25) is 0 Å². The van der Waals surface area contributed by atoms with Gasteiger partial charge in [-0.3, -0.25) is 0 Å². The van der Waals surface area contributed by atoms with E-state index in [0.717, 1.165) is 43.9 Å². The Morgan fingerprint density at radius 1 is 1.17 bits per heavy atom. The average molecular weight is 324 g/mol. The number of anilines is 1. The maximum Gasteiger partial charge on any atom is 0.200 e. The van der Waals surface area contributed by atoms with Gasteiger partial charge in [0.15, 0.2) is 11.5 Å². The summed E-state index contributed by atoms with van der Waals surface area (Å²) in [6.45, 7) is 2.02. The van der Waals surface area contributed by atoms with Crippen molar-refractivity contribution in [1.29, 1.82) is 0 Å². The minimum absolute atomic E-state index is 0.673. The maximum absolute atomic E-state index is 5.31. The molecule has 7 heteroatoms. The molecule has 7 nitrogen and oxygen atoms in total. The molecule has 124 valence electrons. The number of fused-ring (bicyclic) bond motifs is 1. The number of hydrogen-bond donors (Lipinski definition) is 0. The van der Waals surface area contributed by atoms with Crippen LogP contribution in [0.2, 0.25) is 0 Å². The fourth-order valence-corrected chi connectivity index (χ4v) is 3.31. The molecule has 0 unspecified atom stereocenters. The van der Waals surface area contributed by atoms with Gasteiger partial charge in [0.25, 0.3) is 0 Å². The highest BCUT2D eigenvalue weighted by atomic mass is 16.5. The molecule has 3 heterocycles. The second kappa shape index (κ2) is 6.43. The Balaban J connectivity index is 1.39. The van der Waals surface area contributed by atoms with E-state index in [4.69, 9.17) is 4.74 Å². The van der Waals surface area contributed by atoms with Crippen molar-refractivity contribution in [2.24, 2.45) is 5.92 Å². The number of benzene rings is 1. The summed E-state index contributed by atoms with van der Waals surface area (Å²) in [5.41, 5.74) is 2.02. The lowest BCUT2D eigenvalue weighted by Crippen LogP contribution is -2.35. The monoisotopic (exact) mass is 324 g/mol. The SMILES string of the molecule is COc1cccc(CC2CCN(c3ccc4nnnn4n3)CC2)c1. The quantitative estimate of drug-likeness (QED) is 0.731. The van der Waals surface area contributed by atoms with Crippen molar-refractivity contribution < 1.29 is 4.74 Å². The lowest BCUT2D eigenvalue weighted by atomic mass is 9.90. The molecule has 0 amide bonds. The van der Waals surface area contributed by atoms with Crippen LogP contribution in [0.1, 0.15) is 18.4 Å². The second-order valence-corrected chi connectivity index (χ2v) is 6.20. The Bertz CT molecular complexity index is 825. The first-order valence-corrected chi connectivity index (χ1v) is 8.25. The van der Waals surface area contributed by atoms with E-state index in [1.807, 2.05) is 18.2 Å². The van der Waals surface area contributed by atoms with E-state index >= 15 is 0 Å². The summed E-state index contributed by atoms with van der Waals surface area (Å²) in [5, 5.41) is 15.9. The van der Waals surface area contributed by atoms with Gasteiger partial charge in [-0.1, -0.05) is 12.1 Å². The van der Waals surface area contributed by atoms with Crippen molar-refractivity contribution in [3.05, 3.63) is 42.0 Å². The van der Waals surface area contributed by atoms with Gasteiger partial charge in [-0.05, 0) is 65.4 Å². The van der Waals surface area contributed by atoms with Crippen LogP contribution in [0.5, 0.6) is 5.75 Å². The Morgan fingerprint density at radius 3 is 2.88 bits per heavy atom. The molecule has 1 aliphatic rings.